The van der Waals surface area contributed by atoms with E-state index in [1.54, 1.807) is 0 Å². The lowest BCUT2D eigenvalue weighted by atomic mass is 10.1. The van der Waals surface area contributed by atoms with Crippen molar-refractivity contribution >= 4 is 5.91 Å². The molecule has 0 spiro atoms. The molecule has 0 aliphatic carbocycles. The third-order valence-corrected chi connectivity index (χ3v) is 2.29. The Kier molecular flexibility index (Phi) is 3.49. The van der Waals surface area contributed by atoms with Crippen molar-refractivity contribution in [2.75, 3.05) is 26.2 Å². The van der Waals surface area contributed by atoms with Crippen LogP contribution >= 0.6 is 0 Å². The fourth-order valence-corrected chi connectivity index (χ4v) is 1.61. The molecule has 12 heavy (non-hydrogen) atoms. The minimum atomic E-state index is 0.00810. The zero-order valence-electron chi connectivity index (χ0n) is 7.55. The number of piperazine rings is 1. The summed E-state index contributed by atoms with van der Waals surface area (Å²) in [6, 6.07) is 0.00810. The molecule has 0 aromatic rings. The molecule has 0 aromatic carbocycles. The van der Waals surface area contributed by atoms with Gasteiger partial charge in [0.05, 0.1) is 6.04 Å². The second-order valence-electron chi connectivity index (χ2n) is 3.01. The third-order valence-electron chi connectivity index (χ3n) is 2.29. The third kappa shape index (κ3) is 1.95. The van der Waals surface area contributed by atoms with Crippen molar-refractivity contribution in [1.82, 2.24) is 10.2 Å². The van der Waals surface area contributed by atoms with Crippen LogP contribution in [-0.4, -0.2) is 43.0 Å². The van der Waals surface area contributed by atoms with Crippen molar-refractivity contribution < 1.29 is 4.79 Å². The maximum Gasteiger partial charge on any atom is 0.237 e. The van der Waals surface area contributed by atoms with Crippen molar-refractivity contribution in [3.8, 4) is 0 Å². The van der Waals surface area contributed by atoms with Crippen LogP contribution in [0.2, 0.25) is 0 Å². The van der Waals surface area contributed by atoms with Crippen molar-refractivity contribution in [3.05, 3.63) is 0 Å². The number of likely N-dealkylation sites (N-methyl/N-ethyl adjacent to an activating group) is 1. The summed E-state index contributed by atoms with van der Waals surface area (Å²) >= 11 is 0. The number of hydrogen-bond acceptors (Lipinski definition) is 3. The summed E-state index contributed by atoms with van der Waals surface area (Å²) in [5, 5.41) is 2.85. The number of carbonyl (C=O) groups is 1. The molecule has 0 aromatic heterocycles. The second-order valence-corrected chi connectivity index (χ2v) is 3.01. The van der Waals surface area contributed by atoms with Crippen LogP contribution in [0.1, 0.15) is 13.3 Å². The Balaban J connectivity index is 2.53. The highest BCUT2D eigenvalue weighted by atomic mass is 16.2. The largest absolute Gasteiger partial charge is 0.353 e. The summed E-state index contributed by atoms with van der Waals surface area (Å²) in [5.74, 6) is 0.133. The number of nitrogens with zero attached hydrogens (tertiary/aromatic N) is 1. The van der Waals surface area contributed by atoms with Crippen molar-refractivity contribution in [3.63, 3.8) is 0 Å². The number of nitrogens with one attached hydrogen (secondary N) is 1. The molecule has 1 atom stereocenters. The number of hydrogen-bond donors (Lipinski definition) is 2. The lowest BCUT2D eigenvalue weighted by molar-refractivity contribution is -0.129. The Bertz CT molecular complexity index is 160. The Morgan fingerprint density at radius 1 is 1.75 bits per heavy atom. The summed E-state index contributed by atoms with van der Waals surface area (Å²) in [7, 11) is 0. The van der Waals surface area contributed by atoms with Crippen molar-refractivity contribution in [2.24, 2.45) is 5.73 Å². The van der Waals surface area contributed by atoms with Gasteiger partial charge >= 0.3 is 0 Å². The fourth-order valence-electron chi connectivity index (χ4n) is 1.61. The topological polar surface area (TPSA) is 58.4 Å². The van der Waals surface area contributed by atoms with Crippen LogP contribution in [0.5, 0.6) is 0 Å². The molecule has 1 unspecified atom stereocenters. The maximum absolute atomic E-state index is 11.3. The average Bonchev–Trinajstić information content (AvgIpc) is 2.09. The van der Waals surface area contributed by atoms with Crippen LogP contribution in [0.3, 0.4) is 0 Å². The zero-order valence-corrected chi connectivity index (χ0v) is 7.55. The lowest BCUT2D eigenvalue weighted by Gasteiger charge is -2.33. The highest BCUT2D eigenvalue weighted by Crippen LogP contribution is 2.06. The average molecular weight is 171 g/mol. The molecule has 1 aliphatic heterocycles. The fraction of sp³-hybridized carbons (Fsp3) is 0.875. The number of nitrogens with two attached hydrogens (primary N) is 1. The summed E-state index contributed by atoms with van der Waals surface area (Å²) in [5.41, 5.74) is 5.43. The molecule has 1 fully saturated rings. The van der Waals surface area contributed by atoms with Gasteiger partial charge in [-0.2, -0.15) is 0 Å². The van der Waals surface area contributed by atoms with Gasteiger partial charge in [0, 0.05) is 13.1 Å². The van der Waals surface area contributed by atoms with Gasteiger partial charge in [0.1, 0.15) is 0 Å². The quantitative estimate of drug-likeness (QED) is 0.582. The van der Waals surface area contributed by atoms with E-state index in [2.05, 4.69) is 17.1 Å². The van der Waals surface area contributed by atoms with Gasteiger partial charge in [0.15, 0.2) is 0 Å². The van der Waals surface area contributed by atoms with Crippen LogP contribution in [0, 0.1) is 0 Å². The van der Waals surface area contributed by atoms with Crippen LogP contribution in [0.15, 0.2) is 0 Å². The van der Waals surface area contributed by atoms with E-state index in [0.717, 1.165) is 26.1 Å². The number of carbonyl (C=O) groups excluding carboxylic acids is 1. The maximum atomic E-state index is 11.3. The van der Waals surface area contributed by atoms with Gasteiger partial charge < -0.3 is 11.1 Å². The summed E-state index contributed by atoms with van der Waals surface area (Å²) in [6.45, 7) is 5.30. The first-order valence-electron chi connectivity index (χ1n) is 4.51. The minimum Gasteiger partial charge on any atom is -0.353 e. The van der Waals surface area contributed by atoms with Gasteiger partial charge in [0.25, 0.3) is 0 Å². The molecular formula is C8H17N3O. The van der Waals surface area contributed by atoms with E-state index in [-0.39, 0.29) is 11.9 Å². The highest BCUT2D eigenvalue weighted by molar-refractivity contribution is 5.82. The Morgan fingerprint density at radius 3 is 3.08 bits per heavy atom. The monoisotopic (exact) mass is 171 g/mol. The first-order chi connectivity index (χ1) is 5.79. The Labute approximate surface area is 73.1 Å². The Hall–Kier alpha value is -0.610. The Morgan fingerprint density at radius 2 is 2.50 bits per heavy atom. The van der Waals surface area contributed by atoms with Crippen LogP contribution in [0.4, 0.5) is 0 Å². The first kappa shape index (κ1) is 9.48. The lowest BCUT2D eigenvalue weighted by Crippen LogP contribution is -2.55. The molecular weight excluding hydrogens is 154 g/mol. The molecule has 1 amide bonds. The molecule has 4 nitrogen and oxygen atoms in total. The smallest absolute Gasteiger partial charge is 0.237 e. The van der Waals surface area contributed by atoms with E-state index in [9.17, 15) is 4.79 Å². The normalized spacial score (nSPS) is 25.5. The molecule has 1 aliphatic rings. The number of rotatable bonds is 3. The predicted molar refractivity (Wildman–Crippen MR) is 47.7 cm³/mol. The van der Waals surface area contributed by atoms with E-state index in [0.29, 0.717) is 6.54 Å². The summed E-state index contributed by atoms with van der Waals surface area (Å²) < 4.78 is 0. The minimum absolute atomic E-state index is 0.00810. The molecule has 70 valence electrons. The predicted octanol–water partition coefficient (Wildman–Crippen LogP) is -0.844. The second kappa shape index (κ2) is 4.42. The molecule has 1 saturated heterocycles. The van der Waals surface area contributed by atoms with Gasteiger partial charge in [0.2, 0.25) is 5.91 Å². The van der Waals surface area contributed by atoms with Crippen LogP contribution in [-0.2, 0) is 4.79 Å². The van der Waals surface area contributed by atoms with E-state index < -0.39 is 0 Å². The van der Waals surface area contributed by atoms with E-state index >= 15 is 0 Å². The first-order valence-corrected chi connectivity index (χ1v) is 4.51. The molecule has 0 saturated carbocycles. The van der Waals surface area contributed by atoms with E-state index in [4.69, 9.17) is 5.73 Å². The van der Waals surface area contributed by atoms with Crippen molar-refractivity contribution in [2.45, 2.75) is 19.4 Å². The SMILES string of the molecule is CCN1CCNC(=O)C1CCN. The standard InChI is InChI=1S/C8H17N3O/c1-2-11-6-5-10-8(12)7(11)3-4-9/h7H,2-6,9H2,1H3,(H,10,12). The zero-order chi connectivity index (χ0) is 8.97. The van der Waals surface area contributed by atoms with Crippen LogP contribution in [0.25, 0.3) is 0 Å². The van der Waals surface area contributed by atoms with Gasteiger partial charge in [-0.1, -0.05) is 6.92 Å². The molecule has 1 heterocycles. The molecule has 0 radical (unpaired) electrons. The molecule has 4 heteroatoms. The molecule has 0 bridgehead atoms. The van der Waals surface area contributed by atoms with Crippen molar-refractivity contribution in [1.29, 1.82) is 0 Å². The molecule has 1 rings (SSSR count). The summed E-state index contributed by atoms with van der Waals surface area (Å²) in [4.78, 5) is 13.5. The summed E-state index contributed by atoms with van der Waals surface area (Å²) in [6.07, 6.45) is 0.764. The highest BCUT2D eigenvalue weighted by Gasteiger charge is 2.27. The van der Waals surface area contributed by atoms with E-state index in [1.807, 2.05) is 0 Å². The van der Waals surface area contributed by atoms with Gasteiger partial charge in [-0.3, -0.25) is 9.69 Å². The molecule has 3 N–H and O–H groups in total. The number of amides is 1. The van der Waals surface area contributed by atoms with Gasteiger partial charge in [-0.15, -0.1) is 0 Å². The van der Waals surface area contributed by atoms with E-state index in [1.165, 1.54) is 0 Å². The van der Waals surface area contributed by atoms with Gasteiger partial charge in [-0.05, 0) is 19.5 Å². The van der Waals surface area contributed by atoms with Crippen LogP contribution < -0.4 is 11.1 Å². The van der Waals surface area contributed by atoms with Gasteiger partial charge in [-0.25, -0.2) is 0 Å².